The number of methoxy groups -OCH3 is 4. The zero-order valence-electron chi connectivity index (χ0n) is 16.6. The molecule has 0 N–H and O–H groups in total. The molecule has 0 bridgehead atoms. The van der Waals surface area contributed by atoms with Gasteiger partial charge in [-0.15, -0.1) is 11.8 Å². The zero-order valence-corrected chi connectivity index (χ0v) is 18.2. The first-order chi connectivity index (χ1) is 13.3. The van der Waals surface area contributed by atoms with E-state index in [9.17, 15) is 9.59 Å². The molecule has 0 aliphatic carbocycles. The Kier molecular flexibility index (Phi) is 7.63. The number of ketones is 2. The normalized spacial score (nSPS) is 15.6. The van der Waals surface area contributed by atoms with Gasteiger partial charge in [0, 0.05) is 24.9 Å². The van der Waals surface area contributed by atoms with Gasteiger partial charge in [0.1, 0.15) is 16.4 Å². The maximum absolute atomic E-state index is 13.1. The first-order valence-corrected chi connectivity index (χ1v) is 10.00. The minimum absolute atomic E-state index is 0.0522. The van der Waals surface area contributed by atoms with E-state index in [1.54, 1.807) is 20.3 Å². The maximum atomic E-state index is 13.1. The monoisotopic (exact) mass is 430 g/mol. The predicted molar refractivity (Wildman–Crippen MR) is 107 cm³/mol. The van der Waals surface area contributed by atoms with Crippen LogP contribution in [0.3, 0.4) is 0 Å². The van der Waals surface area contributed by atoms with Crippen molar-refractivity contribution in [3.8, 4) is 23.0 Å². The van der Waals surface area contributed by atoms with Crippen LogP contribution in [0.5, 0.6) is 23.0 Å². The molecule has 1 aromatic rings. The Labute approximate surface area is 173 Å². The van der Waals surface area contributed by atoms with E-state index in [1.165, 1.54) is 33.1 Å². The molecule has 1 aromatic carbocycles. The number of benzene rings is 1. The molecule has 28 heavy (non-hydrogen) atoms. The van der Waals surface area contributed by atoms with E-state index in [0.717, 1.165) is 0 Å². The molecule has 2 rings (SSSR count). The number of hydrogen-bond acceptors (Lipinski definition) is 8. The smallest absolute Gasteiger partial charge is 0.236 e. The Morgan fingerprint density at radius 2 is 1.71 bits per heavy atom. The lowest BCUT2D eigenvalue weighted by molar-refractivity contribution is -0.120. The van der Waals surface area contributed by atoms with E-state index < -0.39 is 5.78 Å². The lowest BCUT2D eigenvalue weighted by atomic mass is 10.1. The van der Waals surface area contributed by atoms with Gasteiger partial charge in [-0.25, -0.2) is 0 Å². The third-order valence-corrected chi connectivity index (χ3v) is 5.46. The SMILES string of the molecule is COc1c(Cl)c2c(c(OC)c1OC)C(=O)/C(=C(/CC(=O)CC(C)OC)SC)O2. The van der Waals surface area contributed by atoms with Crippen LogP contribution >= 0.6 is 23.4 Å². The molecule has 0 fully saturated rings. The van der Waals surface area contributed by atoms with Crippen LogP contribution in [-0.2, 0) is 9.53 Å². The lowest BCUT2D eigenvalue weighted by Gasteiger charge is -2.15. The molecule has 154 valence electrons. The maximum Gasteiger partial charge on any atom is 0.236 e. The van der Waals surface area contributed by atoms with Crippen LogP contribution in [0.25, 0.3) is 0 Å². The molecular formula is C19H23ClO7S. The molecule has 9 heteroatoms. The zero-order chi connectivity index (χ0) is 21.0. The van der Waals surface area contributed by atoms with E-state index in [-0.39, 0.29) is 64.1 Å². The summed E-state index contributed by atoms with van der Waals surface area (Å²) in [5.41, 5.74) is 0.143. The summed E-state index contributed by atoms with van der Waals surface area (Å²) in [5.74, 6) is 0.251. The molecule has 0 amide bonds. The number of ether oxygens (including phenoxy) is 5. The topological polar surface area (TPSA) is 80.3 Å². The Bertz CT molecular complexity index is 819. The first kappa shape index (κ1) is 22.4. The van der Waals surface area contributed by atoms with Crippen molar-refractivity contribution in [1.29, 1.82) is 0 Å². The second-order valence-electron chi connectivity index (χ2n) is 5.97. The Hall–Kier alpha value is -1.90. The van der Waals surface area contributed by atoms with Crippen molar-refractivity contribution in [2.45, 2.75) is 25.9 Å². The van der Waals surface area contributed by atoms with Crippen LogP contribution in [0.15, 0.2) is 10.7 Å². The van der Waals surface area contributed by atoms with Gasteiger partial charge in [0.25, 0.3) is 0 Å². The Balaban J connectivity index is 2.52. The molecule has 7 nitrogen and oxygen atoms in total. The van der Waals surface area contributed by atoms with Crippen molar-refractivity contribution in [3.63, 3.8) is 0 Å². The fourth-order valence-corrected chi connectivity index (χ4v) is 3.76. The summed E-state index contributed by atoms with van der Waals surface area (Å²) in [6, 6.07) is 0. The number of allylic oxidation sites excluding steroid dienone is 2. The largest absolute Gasteiger partial charge is 0.492 e. The van der Waals surface area contributed by atoms with Crippen molar-refractivity contribution >= 4 is 34.9 Å². The van der Waals surface area contributed by atoms with Gasteiger partial charge in [-0.3, -0.25) is 9.59 Å². The summed E-state index contributed by atoms with van der Waals surface area (Å²) in [6.45, 7) is 1.81. The first-order valence-electron chi connectivity index (χ1n) is 8.40. The average molecular weight is 431 g/mol. The van der Waals surface area contributed by atoms with Crippen molar-refractivity contribution in [3.05, 3.63) is 21.3 Å². The molecule has 1 unspecified atom stereocenters. The highest BCUT2D eigenvalue weighted by Gasteiger charge is 2.40. The highest BCUT2D eigenvalue weighted by atomic mass is 35.5. The summed E-state index contributed by atoms with van der Waals surface area (Å²) in [4.78, 5) is 25.9. The standard InChI is InChI=1S/C19H23ClO7S/c1-9(23-2)7-10(21)8-11(28-6)15-14(22)12-16(27-15)13(20)18(25-4)19(26-5)17(12)24-3/h9H,7-8H2,1-6H3/b15-11+. The third kappa shape index (κ3) is 4.09. The van der Waals surface area contributed by atoms with Crippen LogP contribution in [0.2, 0.25) is 5.02 Å². The number of Topliss-reactive ketones (excluding diaryl/α,β-unsaturated/α-hetero) is 2. The van der Waals surface area contributed by atoms with Gasteiger partial charge in [-0.1, -0.05) is 11.6 Å². The van der Waals surface area contributed by atoms with Crippen LogP contribution < -0.4 is 18.9 Å². The molecule has 1 aliphatic rings. The fraction of sp³-hybridized carbons (Fsp3) is 0.474. The van der Waals surface area contributed by atoms with E-state index in [4.69, 9.17) is 35.3 Å². The molecular weight excluding hydrogens is 408 g/mol. The van der Waals surface area contributed by atoms with Gasteiger partial charge in [0.2, 0.25) is 11.5 Å². The third-order valence-electron chi connectivity index (χ3n) is 4.29. The van der Waals surface area contributed by atoms with E-state index in [0.29, 0.717) is 4.91 Å². The average Bonchev–Trinajstić information content (AvgIpc) is 3.03. The molecule has 0 radical (unpaired) electrons. The fourth-order valence-electron chi connectivity index (χ4n) is 2.84. The minimum Gasteiger partial charge on any atom is -0.492 e. The second-order valence-corrected chi connectivity index (χ2v) is 7.25. The van der Waals surface area contributed by atoms with E-state index in [2.05, 4.69) is 0 Å². The van der Waals surface area contributed by atoms with Crippen LogP contribution in [0, 0.1) is 0 Å². The van der Waals surface area contributed by atoms with Gasteiger partial charge in [0.15, 0.2) is 23.0 Å². The molecule has 0 saturated heterocycles. The highest BCUT2D eigenvalue weighted by Crippen LogP contribution is 2.55. The molecule has 0 aromatic heterocycles. The van der Waals surface area contributed by atoms with Crippen molar-refractivity contribution in [2.24, 2.45) is 0 Å². The predicted octanol–water partition coefficient (Wildman–Crippen LogP) is 3.90. The Morgan fingerprint density at radius 1 is 1.11 bits per heavy atom. The van der Waals surface area contributed by atoms with E-state index in [1.807, 2.05) is 0 Å². The van der Waals surface area contributed by atoms with Crippen LogP contribution in [0.4, 0.5) is 0 Å². The summed E-state index contributed by atoms with van der Waals surface area (Å²) in [7, 11) is 5.79. The van der Waals surface area contributed by atoms with Crippen molar-refractivity contribution in [2.75, 3.05) is 34.7 Å². The van der Waals surface area contributed by atoms with Crippen LogP contribution in [0.1, 0.15) is 30.1 Å². The highest BCUT2D eigenvalue weighted by molar-refractivity contribution is 8.02. The molecule has 0 spiro atoms. The van der Waals surface area contributed by atoms with Gasteiger partial charge < -0.3 is 23.7 Å². The summed E-state index contributed by atoms with van der Waals surface area (Å²) < 4.78 is 26.9. The van der Waals surface area contributed by atoms with Crippen molar-refractivity contribution in [1.82, 2.24) is 0 Å². The number of carbonyl (C=O) groups excluding carboxylic acids is 2. The van der Waals surface area contributed by atoms with Crippen molar-refractivity contribution < 1.29 is 33.3 Å². The quantitative estimate of drug-likeness (QED) is 0.545. The summed E-state index contributed by atoms with van der Waals surface area (Å²) in [5, 5.41) is 0.0956. The summed E-state index contributed by atoms with van der Waals surface area (Å²) in [6.07, 6.45) is 1.86. The van der Waals surface area contributed by atoms with Gasteiger partial charge in [-0.2, -0.15) is 0 Å². The molecule has 1 heterocycles. The molecule has 1 atom stereocenters. The Morgan fingerprint density at radius 3 is 2.21 bits per heavy atom. The minimum atomic E-state index is -0.424. The number of rotatable bonds is 9. The summed E-state index contributed by atoms with van der Waals surface area (Å²) >= 11 is 7.66. The number of carbonyl (C=O) groups is 2. The van der Waals surface area contributed by atoms with Gasteiger partial charge in [0.05, 0.1) is 27.4 Å². The second kappa shape index (κ2) is 9.54. The number of halogens is 1. The van der Waals surface area contributed by atoms with Gasteiger partial charge in [-0.05, 0) is 13.2 Å². The van der Waals surface area contributed by atoms with Crippen LogP contribution in [-0.4, -0.2) is 52.4 Å². The lowest BCUT2D eigenvalue weighted by Crippen LogP contribution is -2.13. The number of thioether (sulfide) groups is 1. The molecule has 0 saturated carbocycles. The number of fused-ring (bicyclic) bond motifs is 1. The number of hydrogen-bond donors (Lipinski definition) is 0. The molecule has 1 aliphatic heterocycles. The van der Waals surface area contributed by atoms with E-state index >= 15 is 0 Å². The van der Waals surface area contributed by atoms with Gasteiger partial charge >= 0.3 is 0 Å².